The molecule has 0 saturated heterocycles. The van der Waals surface area contributed by atoms with Gasteiger partial charge in [-0.2, -0.15) is 0 Å². The second-order valence-electron chi connectivity index (χ2n) is 4.61. The molecule has 0 aliphatic carbocycles. The van der Waals surface area contributed by atoms with Gasteiger partial charge in [0, 0.05) is 21.0 Å². The molecule has 0 N–H and O–H groups in total. The van der Waals surface area contributed by atoms with Crippen LogP contribution in [0.15, 0.2) is 9.63 Å². The first-order chi connectivity index (χ1) is 10.6. The molecule has 8 heteroatoms. The first-order valence-electron chi connectivity index (χ1n) is 6.53. The summed E-state index contributed by atoms with van der Waals surface area (Å²) in [5.41, 5.74) is 2.40. The molecule has 1 aliphatic rings. The van der Waals surface area contributed by atoms with Crippen LogP contribution in [0, 0.1) is 6.57 Å². The molecule has 1 aromatic heterocycles. The smallest absolute Gasteiger partial charge is 0.244 e. The zero-order chi connectivity index (χ0) is 15.9. The Morgan fingerprint density at radius 2 is 2.23 bits per heavy atom. The summed E-state index contributed by atoms with van der Waals surface area (Å²) in [5, 5.41) is 2.14. The van der Waals surface area contributed by atoms with Gasteiger partial charge >= 0.3 is 0 Å². The van der Waals surface area contributed by atoms with Crippen molar-refractivity contribution in [3.05, 3.63) is 37.2 Å². The molecule has 22 heavy (non-hydrogen) atoms. The zero-order valence-electron chi connectivity index (χ0n) is 11.5. The molecule has 4 nitrogen and oxygen atoms in total. The lowest BCUT2D eigenvalue weighted by Gasteiger charge is -2.13. The SMILES string of the molecule is [C-]#[N+]CC1OCc2c(Br)c(Cl)c3nc(SCC)nc(Cl)c3c21. The van der Waals surface area contributed by atoms with Gasteiger partial charge in [-0.05, 0) is 21.7 Å². The number of hydrogen-bond acceptors (Lipinski definition) is 4. The highest BCUT2D eigenvalue weighted by Gasteiger charge is 2.33. The topological polar surface area (TPSA) is 39.4 Å². The van der Waals surface area contributed by atoms with E-state index >= 15 is 0 Å². The minimum atomic E-state index is -0.325. The van der Waals surface area contributed by atoms with Gasteiger partial charge in [-0.1, -0.05) is 41.9 Å². The number of thioether (sulfide) groups is 1. The van der Waals surface area contributed by atoms with E-state index in [9.17, 15) is 0 Å². The molecule has 2 aromatic rings. The monoisotopic (exact) mass is 417 g/mol. The summed E-state index contributed by atoms with van der Waals surface area (Å²) in [6.07, 6.45) is -0.325. The molecule has 1 aromatic carbocycles. The molecule has 2 heterocycles. The van der Waals surface area contributed by atoms with Crippen molar-refractivity contribution in [3.8, 4) is 0 Å². The number of fused-ring (bicyclic) bond motifs is 3. The Bertz CT molecular complexity index is 809. The lowest BCUT2D eigenvalue weighted by molar-refractivity contribution is 0.0779. The summed E-state index contributed by atoms with van der Waals surface area (Å²) in [4.78, 5) is 12.3. The average Bonchev–Trinajstić information content (AvgIpc) is 2.89. The van der Waals surface area contributed by atoms with E-state index in [1.54, 1.807) is 0 Å². The van der Waals surface area contributed by atoms with E-state index in [2.05, 4.69) is 30.7 Å². The lowest BCUT2D eigenvalue weighted by atomic mass is 10.0. The van der Waals surface area contributed by atoms with Crippen LogP contribution in [0.2, 0.25) is 10.2 Å². The van der Waals surface area contributed by atoms with E-state index < -0.39 is 0 Å². The molecular formula is C14H10BrCl2N3OS. The lowest BCUT2D eigenvalue weighted by Crippen LogP contribution is -2.03. The van der Waals surface area contributed by atoms with Crippen LogP contribution in [0.3, 0.4) is 0 Å². The number of rotatable bonds is 3. The summed E-state index contributed by atoms with van der Waals surface area (Å²) in [6, 6.07) is 0. The molecule has 1 atom stereocenters. The van der Waals surface area contributed by atoms with E-state index in [-0.39, 0.29) is 12.6 Å². The molecule has 0 radical (unpaired) electrons. The molecular weight excluding hydrogens is 409 g/mol. The van der Waals surface area contributed by atoms with Gasteiger partial charge in [-0.3, -0.25) is 0 Å². The second-order valence-corrected chi connectivity index (χ2v) is 7.37. The normalized spacial score (nSPS) is 16.8. The minimum absolute atomic E-state index is 0.234. The van der Waals surface area contributed by atoms with Gasteiger partial charge in [0.1, 0.15) is 5.15 Å². The Morgan fingerprint density at radius 3 is 2.91 bits per heavy atom. The molecule has 1 unspecified atom stereocenters. The third-order valence-electron chi connectivity index (χ3n) is 3.39. The number of halogens is 3. The fourth-order valence-electron chi connectivity index (χ4n) is 2.50. The largest absolute Gasteiger partial charge is 0.361 e. The standard InChI is InChI=1S/C14H10BrCl2N3OS/c1-3-22-14-19-12-9(13(17)20-14)8-6(10(15)11(12)16)5-21-7(8)4-18-2/h7H,3-5H2,1H3. The number of hydrogen-bond donors (Lipinski definition) is 0. The molecule has 0 amide bonds. The molecule has 114 valence electrons. The van der Waals surface area contributed by atoms with E-state index in [1.165, 1.54) is 11.8 Å². The summed E-state index contributed by atoms with van der Waals surface area (Å²) >= 11 is 17.9. The van der Waals surface area contributed by atoms with Crippen LogP contribution in [-0.4, -0.2) is 22.3 Å². The van der Waals surface area contributed by atoms with Gasteiger partial charge in [-0.15, -0.1) is 0 Å². The number of ether oxygens (including phenoxy) is 1. The van der Waals surface area contributed by atoms with Gasteiger partial charge in [-0.25, -0.2) is 16.5 Å². The van der Waals surface area contributed by atoms with Crippen LogP contribution in [-0.2, 0) is 11.3 Å². The number of nitrogens with zero attached hydrogens (tertiary/aromatic N) is 3. The van der Waals surface area contributed by atoms with Crippen molar-refractivity contribution >= 4 is 61.8 Å². The second kappa shape index (κ2) is 6.50. The van der Waals surface area contributed by atoms with Crippen molar-refractivity contribution in [3.63, 3.8) is 0 Å². The van der Waals surface area contributed by atoms with E-state index in [4.69, 9.17) is 34.5 Å². The Kier molecular flexibility index (Phi) is 4.81. The summed E-state index contributed by atoms with van der Waals surface area (Å²) in [6.45, 7) is 9.75. The number of benzene rings is 1. The van der Waals surface area contributed by atoms with Gasteiger partial charge < -0.3 is 9.58 Å². The average molecular weight is 419 g/mol. The zero-order valence-corrected chi connectivity index (χ0v) is 15.4. The van der Waals surface area contributed by atoms with Crippen molar-refractivity contribution in [2.24, 2.45) is 0 Å². The summed E-state index contributed by atoms with van der Waals surface area (Å²) in [7, 11) is 0. The first-order valence-corrected chi connectivity index (χ1v) is 9.06. The van der Waals surface area contributed by atoms with Gasteiger partial charge in [0.15, 0.2) is 11.3 Å². The Hall–Kier alpha value is -0.580. The predicted octanol–water partition coefficient (Wildman–Crippen LogP) is 5.30. The summed E-state index contributed by atoms with van der Waals surface area (Å²) in [5.74, 6) is 0.842. The molecule has 0 bridgehead atoms. The van der Waals surface area contributed by atoms with Crippen LogP contribution < -0.4 is 0 Å². The maximum Gasteiger partial charge on any atom is 0.244 e. The highest BCUT2D eigenvalue weighted by molar-refractivity contribution is 9.10. The highest BCUT2D eigenvalue weighted by atomic mass is 79.9. The van der Waals surface area contributed by atoms with Crippen molar-refractivity contribution in [2.45, 2.75) is 24.8 Å². The highest BCUT2D eigenvalue weighted by Crippen LogP contribution is 2.46. The third kappa shape index (κ3) is 2.59. The fourth-order valence-corrected chi connectivity index (χ4v) is 4.16. The summed E-state index contributed by atoms with van der Waals surface area (Å²) < 4.78 is 6.47. The number of aromatic nitrogens is 2. The van der Waals surface area contributed by atoms with Crippen molar-refractivity contribution in [1.82, 2.24) is 9.97 Å². The molecule has 0 saturated carbocycles. The predicted molar refractivity (Wildman–Crippen MR) is 92.7 cm³/mol. The van der Waals surface area contributed by atoms with Gasteiger partial charge in [0.25, 0.3) is 0 Å². The van der Waals surface area contributed by atoms with Crippen LogP contribution in [0.5, 0.6) is 0 Å². The maximum absolute atomic E-state index is 7.10. The molecule has 0 fully saturated rings. The van der Waals surface area contributed by atoms with Crippen molar-refractivity contribution in [1.29, 1.82) is 0 Å². The Morgan fingerprint density at radius 1 is 1.45 bits per heavy atom. The van der Waals surface area contributed by atoms with Crippen LogP contribution >= 0.6 is 50.9 Å². The van der Waals surface area contributed by atoms with Gasteiger partial charge in [0.05, 0.1) is 17.1 Å². The Balaban J connectivity index is 2.35. The van der Waals surface area contributed by atoms with E-state index in [0.717, 1.165) is 21.4 Å². The Labute approximate surface area is 150 Å². The first kappa shape index (κ1) is 16.3. The van der Waals surface area contributed by atoms with Gasteiger partial charge in [0.2, 0.25) is 6.54 Å². The van der Waals surface area contributed by atoms with Crippen LogP contribution in [0.25, 0.3) is 15.7 Å². The third-order valence-corrected chi connectivity index (χ3v) is 5.86. The molecule has 1 aliphatic heterocycles. The molecule has 0 spiro atoms. The maximum atomic E-state index is 7.10. The quantitative estimate of drug-likeness (QED) is 0.293. The molecule has 3 rings (SSSR count). The van der Waals surface area contributed by atoms with E-state index in [1.807, 2.05) is 6.92 Å². The van der Waals surface area contributed by atoms with Crippen LogP contribution in [0.4, 0.5) is 0 Å². The van der Waals surface area contributed by atoms with Crippen LogP contribution in [0.1, 0.15) is 24.2 Å². The van der Waals surface area contributed by atoms with E-state index in [0.29, 0.717) is 32.8 Å². The van der Waals surface area contributed by atoms with Crippen molar-refractivity contribution in [2.75, 3.05) is 12.3 Å². The van der Waals surface area contributed by atoms with Crippen molar-refractivity contribution < 1.29 is 4.74 Å². The minimum Gasteiger partial charge on any atom is -0.361 e. The fraction of sp³-hybridized carbons (Fsp3) is 0.357.